The van der Waals surface area contributed by atoms with Gasteiger partial charge in [0.25, 0.3) is 0 Å². The summed E-state index contributed by atoms with van der Waals surface area (Å²) >= 11 is 0. The molecule has 0 saturated heterocycles. The molecule has 3 aromatic rings. The summed E-state index contributed by atoms with van der Waals surface area (Å²) in [6.45, 7) is 6.26. The third-order valence-corrected chi connectivity index (χ3v) is 4.16. The first-order valence-electron chi connectivity index (χ1n) is 8.55. The van der Waals surface area contributed by atoms with E-state index in [-0.39, 0.29) is 23.5 Å². The molecule has 0 aliphatic rings. The minimum absolute atomic E-state index is 0.0614. The molecule has 5 nitrogen and oxygen atoms in total. The average Bonchev–Trinajstić information content (AvgIpc) is 3.05. The van der Waals surface area contributed by atoms with Crippen molar-refractivity contribution < 1.29 is 9.90 Å². The van der Waals surface area contributed by atoms with Gasteiger partial charge in [0, 0.05) is 6.20 Å². The molecule has 1 amide bonds. The van der Waals surface area contributed by atoms with Gasteiger partial charge < -0.3 is 10.4 Å². The first-order valence-corrected chi connectivity index (χ1v) is 8.55. The van der Waals surface area contributed by atoms with Gasteiger partial charge in [0.1, 0.15) is 5.75 Å². The van der Waals surface area contributed by atoms with Gasteiger partial charge in [-0.3, -0.25) is 4.79 Å². The highest BCUT2D eigenvalue weighted by atomic mass is 16.3. The van der Waals surface area contributed by atoms with Crippen molar-refractivity contribution in [2.45, 2.75) is 32.6 Å². The summed E-state index contributed by atoms with van der Waals surface area (Å²) in [6, 6.07) is 15.0. The lowest BCUT2D eigenvalue weighted by Gasteiger charge is -2.20. The SMILES string of the molecule is CC(C)(C)c1ccc(O)c(NC(=O)Cc2cnn(-c3ccccc3)c2)c1. The molecule has 2 aromatic carbocycles. The Balaban J connectivity index is 1.71. The third kappa shape index (κ3) is 4.11. The number of phenols is 1. The van der Waals surface area contributed by atoms with Crippen molar-refractivity contribution in [3.8, 4) is 11.4 Å². The molecule has 1 aromatic heterocycles. The highest BCUT2D eigenvalue weighted by molar-refractivity contribution is 5.93. The van der Waals surface area contributed by atoms with Gasteiger partial charge in [-0.25, -0.2) is 4.68 Å². The zero-order chi connectivity index (χ0) is 18.7. The summed E-state index contributed by atoms with van der Waals surface area (Å²) < 4.78 is 1.74. The van der Waals surface area contributed by atoms with Gasteiger partial charge in [0.05, 0.1) is 24.0 Å². The largest absolute Gasteiger partial charge is 0.506 e. The van der Waals surface area contributed by atoms with Gasteiger partial charge in [-0.05, 0) is 40.8 Å². The number of amides is 1. The maximum Gasteiger partial charge on any atom is 0.229 e. The van der Waals surface area contributed by atoms with Crippen LogP contribution in [0.15, 0.2) is 60.9 Å². The standard InChI is InChI=1S/C21H23N3O2/c1-21(2,3)16-9-10-19(25)18(12-16)23-20(26)11-15-13-22-24(14-15)17-7-5-4-6-8-17/h4-10,12-14,25H,11H2,1-3H3,(H,23,26). The lowest BCUT2D eigenvalue weighted by molar-refractivity contribution is -0.115. The minimum Gasteiger partial charge on any atom is -0.506 e. The van der Waals surface area contributed by atoms with Gasteiger partial charge in [0.2, 0.25) is 5.91 Å². The fourth-order valence-corrected chi connectivity index (χ4v) is 2.66. The van der Waals surface area contributed by atoms with E-state index in [1.807, 2.05) is 48.7 Å². The summed E-state index contributed by atoms with van der Waals surface area (Å²) in [5.74, 6) is -0.134. The van der Waals surface area contributed by atoms with Gasteiger partial charge >= 0.3 is 0 Å². The smallest absolute Gasteiger partial charge is 0.229 e. The predicted octanol–water partition coefficient (Wildman–Crippen LogP) is 4.06. The second-order valence-corrected chi connectivity index (χ2v) is 7.34. The Bertz CT molecular complexity index is 909. The van der Waals surface area contributed by atoms with Crippen LogP contribution in [0, 0.1) is 0 Å². The Kier molecular flexibility index (Phi) is 4.80. The maximum atomic E-state index is 12.4. The fraction of sp³-hybridized carbons (Fsp3) is 0.238. The van der Waals surface area contributed by atoms with Crippen molar-refractivity contribution in [2.75, 3.05) is 5.32 Å². The molecule has 0 unspecified atom stereocenters. The summed E-state index contributed by atoms with van der Waals surface area (Å²) in [5.41, 5.74) is 3.15. The number of hydrogen-bond acceptors (Lipinski definition) is 3. The van der Waals surface area contributed by atoms with Crippen molar-refractivity contribution >= 4 is 11.6 Å². The first-order chi connectivity index (χ1) is 12.3. The Morgan fingerprint density at radius 3 is 2.58 bits per heavy atom. The van der Waals surface area contributed by atoms with E-state index in [4.69, 9.17) is 0 Å². The summed E-state index contributed by atoms with van der Waals surface area (Å²) in [5, 5.41) is 17.1. The Labute approximate surface area is 153 Å². The number of para-hydroxylation sites is 1. The Hall–Kier alpha value is -3.08. The average molecular weight is 349 g/mol. The van der Waals surface area contributed by atoms with Crippen LogP contribution in [0.2, 0.25) is 0 Å². The molecule has 1 heterocycles. The lowest BCUT2D eigenvalue weighted by Crippen LogP contribution is -2.16. The van der Waals surface area contributed by atoms with E-state index in [9.17, 15) is 9.90 Å². The normalized spacial score (nSPS) is 11.3. The number of rotatable bonds is 4. The molecule has 134 valence electrons. The van der Waals surface area contributed by atoms with E-state index in [1.54, 1.807) is 16.9 Å². The van der Waals surface area contributed by atoms with Crippen LogP contribution in [-0.4, -0.2) is 20.8 Å². The number of hydrogen-bond donors (Lipinski definition) is 2. The number of anilines is 1. The van der Waals surface area contributed by atoms with Gasteiger partial charge in [0.15, 0.2) is 0 Å². The van der Waals surface area contributed by atoms with Crippen molar-refractivity contribution in [1.29, 1.82) is 0 Å². The van der Waals surface area contributed by atoms with Crippen molar-refractivity contribution in [3.63, 3.8) is 0 Å². The molecular weight excluding hydrogens is 326 g/mol. The van der Waals surface area contributed by atoms with Gasteiger partial charge in [-0.2, -0.15) is 5.10 Å². The van der Waals surface area contributed by atoms with Crippen molar-refractivity contribution in [1.82, 2.24) is 9.78 Å². The van der Waals surface area contributed by atoms with Crippen molar-refractivity contribution in [2.24, 2.45) is 0 Å². The second-order valence-electron chi connectivity index (χ2n) is 7.34. The molecular formula is C21H23N3O2. The first kappa shape index (κ1) is 17.7. The number of carbonyl (C=O) groups is 1. The molecule has 26 heavy (non-hydrogen) atoms. The molecule has 5 heteroatoms. The van der Waals surface area contributed by atoms with E-state index in [0.29, 0.717) is 5.69 Å². The van der Waals surface area contributed by atoms with Crippen molar-refractivity contribution in [3.05, 3.63) is 72.1 Å². The monoisotopic (exact) mass is 349 g/mol. The van der Waals surface area contributed by atoms with Crippen LogP contribution in [0.25, 0.3) is 5.69 Å². The number of nitrogens with one attached hydrogen (secondary N) is 1. The summed E-state index contributed by atoms with van der Waals surface area (Å²) in [4.78, 5) is 12.4. The zero-order valence-electron chi connectivity index (χ0n) is 15.2. The van der Waals surface area contributed by atoms with E-state index < -0.39 is 0 Å². The van der Waals surface area contributed by atoms with Crippen LogP contribution >= 0.6 is 0 Å². The molecule has 0 spiro atoms. The second kappa shape index (κ2) is 7.04. The van der Waals surface area contributed by atoms with Crippen LogP contribution in [-0.2, 0) is 16.6 Å². The number of phenolic OH excluding ortho intramolecular Hbond substituents is 1. The Morgan fingerprint density at radius 2 is 1.88 bits per heavy atom. The number of aromatic hydroxyl groups is 1. The van der Waals surface area contributed by atoms with E-state index in [0.717, 1.165) is 16.8 Å². The van der Waals surface area contributed by atoms with Gasteiger partial charge in [-0.1, -0.05) is 45.0 Å². The molecule has 0 aliphatic carbocycles. The number of carbonyl (C=O) groups excluding carboxylic acids is 1. The van der Waals surface area contributed by atoms with Crippen LogP contribution < -0.4 is 5.32 Å². The number of nitrogens with zero attached hydrogens (tertiary/aromatic N) is 2. The number of aromatic nitrogens is 2. The molecule has 0 atom stereocenters. The lowest BCUT2D eigenvalue weighted by atomic mass is 9.87. The summed E-state index contributed by atoms with van der Waals surface area (Å²) in [7, 11) is 0. The predicted molar refractivity (Wildman–Crippen MR) is 103 cm³/mol. The molecule has 0 fully saturated rings. The van der Waals surface area contributed by atoms with Crippen LogP contribution in [0.4, 0.5) is 5.69 Å². The highest BCUT2D eigenvalue weighted by Crippen LogP contribution is 2.30. The van der Waals surface area contributed by atoms with E-state index >= 15 is 0 Å². The Morgan fingerprint density at radius 1 is 1.15 bits per heavy atom. The summed E-state index contributed by atoms with van der Waals surface area (Å²) in [6.07, 6.45) is 3.70. The van der Waals surface area contributed by atoms with Crippen LogP contribution in [0.1, 0.15) is 31.9 Å². The topological polar surface area (TPSA) is 67.2 Å². The van der Waals surface area contributed by atoms with E-state index in [1.165, 1.54) is 0 Å². The van der Waals surface area contributed by atoms with Gasteiger partial charge in [-0.15, -0.1) is 0 Å². The molecule has 2 N–H and O–H groups in total. The molecule has 0 saturated carbocycles. The molecule has 0 aliphatic heterocycles. The quantitative estimate of drug-likeness (QED) is 0.698. The third-order valence-electron chi connectivity index (χ3n) is 4.16. The molecule has 0 bridgehead atoms. The highest BCUT2D eigenvalue weighted by Gasteiger charge is 2.16. The maximum absolute atomic E-state index is 12.4. The zero-order valence-corrected chi connectivity index (χ0v) is 15.2. The molecule has 3 rings (SSSR count). The van der Waals surface area contributed by atoms with Crippen LogP contribution in [0.3, 0.4) is 0 Å². The number of benzene rings is 2. The van der Waals surface area contributed by atoms with E-state index in [2.05, 4.69) is 31.2 Å². The van der Waals surface area contributed by atoms with Crippen LogP contribution in [0.5, 0.6) is 5.75 Å². The molecule has 0 radical (unpaired) electrons. The fourth-order valence-electron chi connectivity index (χ4n) is 2.66. The minimum atomic E-state index is -0.195.